The predicted octanol–water partition coefficient (Wildman–Crippen LogP) is 3.53. The number of sulfonamides is 1. The molecule has 0 unspecified atom stereocenters. The summed E-state index contributed by atoms with van der Waals surface area (Å²) >= 11 is 5.97. The van der Waals surface area contributed by atoms with Crippen molar-refractivity contribution in [2.24, 2.45) is 5.92 Å². The number of hydrogen-bond donors (Lipinski definition) is 1. The van der Waals surface area contributed by atoms with Gasteiger partial charge in [-0.05, 0) is 37.0 Å². The number of rotatable bonds is 4. The molecule has 1 aromatic carbocycles. The Morgan fingerprint density at radius 3 is 2.65 bits per heavy atom. The van der Waals surface area contributed by atoms with E-state index in [9.17, 15) is 8.42 Å². The Bertz CT molecular complexity index is 617. The van der Waals surface area contributed by atoms with Crippen molar-refractivity contribution in [3.63, 3.8) is 0 Å². The van der Waals surface area contributed by atoms with Crippen LogP contribution in [-0.4, -0.2) is 14.2 Å². The van der Waals surface area contributed by atoms with E-state index >= 15 is 0 Å². The highest BCUT2D eigenvalue weighted by molar-refractivity contribution is 7.92. The quantitative estimate of drug-likeness (QED) is 0.924. The smallest absolute Gasteiger partial charge is 0.233 e. The summed E-state index contributed by atoms with van der Waals surface area (Å²) < 4.78 is 26.8. The molecule has 0 aliphatic heterocycles. The molecule has 108 valence electrons. The van der Waals surface area contributed by atoms with Gasteiger partial charge in [-0.25, -0.2) is 8.42 Å². The summed E-state index contributed by atoms with van der Waals surface area (Å²) in [6, 6.07) is 6.51. The van der Waals surface area contributed by atoms with E-state index in [2.05, 4.69) is 4.72 Å². The van der Waals surface area contributed by atoms with Crippen molar-refractivity contribution in [3.05, 3.63) is 28.8 Å². The van der Waals surface area contributed by atoms with Crippen LogP contribution in [0.5, 0.6) is 0 Å². The summed E-state index contributed by atoms with van der Waals surface area (Å²) in [5.74, 6) is 0.347. The van der Waals surface area contributed by atoms with E-state index < -0.39 is 10.0 Å². The first kappa shape index (κ1) is 15.1. The summed E-state index contributed by atoms with van der Waals surface area (Å²) in [5, 5.41) is 9.14. The van der Waals surface area contributed by atoms with Gasteiger partial charge in [0.05, 0.1) is 28.1 Å². The molecule has 0 aromatic heterocycles. The molecule has 1 aliphatic rings. The van der Waals surface area contributed by atoms with Crippen molar-refractivity contribution in [1.82, 2.24) is 0 Å². The Morgan fingerprint density at radius 1 is 1.30 bits per heavy atom. The van der Waals surface area contributed by atoms with Gasteiger partial charge in [-0.15, -0.1) is 0 Å². The molecule has 0 bridgehead atoms. The molecule has 0 amide bonds. The lowest BCUT2D eigenvalue weighted by atomic mass is 9.91. The fourth-order valence-electron chi connectivity index (χ4n) is 2.55. The van der Waals surface area contributed by atoms with Gasteiger partial charge in [-0.2, -0.15) is 5.26 Å². The molecule has 0 saturated heterocycles. The van der Waals surface area contributed by atoms with Gasteiger partial charge in [0.25, 0.3) is 0 Å². The lowest BCUT2D eigenvalue weighted by molar-refractivity contribution is 0.385. The van der Waals surface area contributed by atoms with E-state index in [4.69, 9.17) is 16.9 Å². The average Bonchev–Trinajstić information content (AvgIpc) is 2.41. The van der Waals surface area contributed by atoms with Crippen LogP contribution in [0, 0.1) is 17.2 Å². The lowest BCUT2D eigenvalue weighted by Gasteiger charge is -2.21. The van der Waals surface area contributed by atoms with Crippen molar-refractivity contribution in [2.45, 2.75) is 32.1 Å². The minimum Gasteiger partial charge on any atom is -0.282 e. The minimum absolute atomic E-state index is 0.125. The predicted molar refractivity (Wildman–Crippen MR) is 80.2 cm³/mol. The Labute approximate surface area is 124 Å². The molecule has 0 spiro atoms. The molecule has 20 heavy (non-hydrogen) atoms. The summed E-state index contributed by atoms with van der Waals surface area (Å²) in [6.45, 7) is 0. The fourth-order valence-corrected chi connectivity index (χ4v) is 4.31. The summed E-state index contributed by atoms with van der Waals surface area (Å²) in [6.07, 6.45) is 5.33. The maximum Gasteiger partial charge on any atom is 0.233 e. The van der Waals surface area contributed by atoms with Crippen LogP contribution < -0.4 is 4.72 Å². The van der Waals surface area contributed by atoms with E-state index in [1.54, 1.807) is 6.07 Å². The van der Waals surface area contributed by atoms with Gasteiger partial charge in [0.1, 0.15) is 0 Å². The van der Waals surface area contributed by atoms with Gasteiger partial charge in [-0.3, -0.25) is 4.72 Å². The van der Waals surface area contributed by atoms with Crippen LogP contribution in [0.15, 0.2) is 18.2 Å². The number of hydrogen-bond acceptors (Lipinski definition) is 3. The highest BCUT2D eigenvalue weighted by Gasteiger charge is 2.22. The molecule has 1 aromatic rings. The first-order chi connectivity index (χ1) is 9.50. The number of nitrogens with zero attached hydrogens (tertiary/aromatic N) is 1. The van der Waals surface area contributed by atoms with E-state index in [0.717, 1.165) is 25.7 Å². The Morgan fingerprint density at radius 2 is 2.00 bits per heavy atom. The molecule has 6 heteroatoms. The van der Waals surface area contributed by atoms with E-state index in [1.807, 2.05) is 6.07 Å². The molecular formula is C14H17ClN2O2S. The second-order valence-corrected chi connectivity index (χ2v) is 7.37. The maximum atomic E-state index is 12.2. The Kier molecular flexibility index (Phi) is 4.90. The van der Waals surface area contributed by atoms with Gasteiger partial charge >= 0.3 is 0 Å². The second-order valence-electron chi connectivity index (χ2n) is 5.19. The molecule has 2 rings (SSSR count). The average molecular weight is 313 g/mol. The molecule has 1 aliphatic carbocycles. The molecule has 1 N–H and O–H groups in total. The van der Waals surface area contributed by atoms with Crippen molar-refractivity contribution in [3.8, 4) is 6.07 Å². The van der Waals surface area contributed by atoms with E-state index in [1.165, 1.54) is 18.6 Å². The van der Waals surface area contributed by atoms with Crippen LogP contribution in [0.4, 0.5) is 5.69 Å². The third-order valence-corrected chi connectivity index (χ3v) is 5.31. The van der Waals surface area contributed by atoms with Gasteiger partial charge in [0, 0.05) is 0 Å². The maximum absolute atomic E-state index is 12.2. The second kappa shape index (κ2) is 6.47. The van der Waals surface area contributed by atoms with Crippen molar-refractivity contribution >= 4 is 27.3 Å². The van der Waals surface area contributed by atoms with Crippen LogP contribution in [0.1, 0.15) is 37.7 Å². The topological polar surface area (TPSA) is 70.0 Å². The third kappa shape index (κ3) is 4.12. The monoisotopic (exact) mass is 312 g/mol. The van der Waals surface area contributed by atoms with Gasteiger partial charge in [0.15, 0.2) is 0 Å². The van der Waals surface area contributed by atoms with Crippen LogP contribution in [0.25, 0.3) is 0 Å². The van der Waals surface area contributed by atoms with Gasteiger partial charge in [-0.1, -0.05) is 30.9 Å². The molecule has 1 fully saturated rings. The van der Waals surface area contributed by atoms with Gasteiger partial charge in [0.2, 0.25) is 10.0 Å². The highest BCUT2D eigenvalue weighted by atomic mass is 35.5. The van der Waals surface area contributed by atoms with E-state index in [-0.39, 0.29) is 17.4 Å². The molecular weight excluding hydrogens is 296 g/mol. The molecule has 4 nitrogen and oxygen atoms in total. The van der Waals surface area contributed by atoms with E-state index in [0.29, 0.717) is 10.6 Å². The summed E-state index contributed by atoms with van der Waals surface area (Å²) in [7, 11) is -3.43. The molecule has 1 saturated carbocycles. The van der Waals surface area contributed by atoms with Crippen LogP contribution in [0.3, 0.4) is 0 Å². The summed E-state index contributed by atoms with van der Waals surface area (Å²) in [5.41, 5.74) is 0.659. The summed E-state index contributed by atoms with van der Waals surface area (Å²) in [4.78, 5) is 0. The Hall–Kier alpha value is -1.25. The number of halogens is 1. The number of benzene rings is 1. The minimum atomic E-state index is -3.43. The fraction of sp³-hybridized carbons (Fsp3) is 0.500. The lowest BCUT2D eigenvalue weighted by Crippen LogP contribution is -2.24. The molecule has 0 radical (unpaired) electrons. The normalized spacial score (nSPS) is 16.6. The molecule has 0 atom stereocenters. The van der Waals surface area contributed by atoms with Crippen LogP contribution in [0.2, 0.25) is 5.02 Å². The third-order valence-electron chi connectivity index (χ3n) is 3.54. The molecule has 0 heterocycles. The van der Waals surface area contributed by atoms with Crippen LogP contribution in [-0.2, 0) is 10.0 Å². The zero-order valence-corrected chi connectivity index (χ0v) is 12.7. The Balaban J connectivity index is 2.09. The van der Waals surface area contributed by atoms with Gasteiger partial charge < -0.3 is 0 Å². The highest BCUT2D eigenvalue weighted by Crippen LogP contribution is 2.27. The van der Waals surface area contributed by atoms with Crippen molar-refractivity contribution in [1.29, 1.82) is 5.26 Å². The number of anilines is 1. The first-order valence-electron chi connectivity index (χ1n) is 6.70. The van der Waals surface area contributed by atoms with Crippen molar-refractivity contribution in [2.75, 3.05) is 10.5 Å². The zero-order chi connectivity index (χ0) is 14.6. The van der Waals surface area contributed by atoms with Crippen molar-refractivity contribution < 1.29 is 8.42 Å². The number of nitrogens with one attached hydrogen (secondary N) is 1. The standard InChI is InChI=1S/C14H17ClN2O2S/c15-13-7-6-12(9-16)8-14(13)17-20(18,19)10-11-4-2-1-3-5-11/h6-8,11,17H,1-5,10H2. The SMILES string of the molecule is N#Cc1ccc(Cl)c(NS(=O)(=O)CC2CCCCC2)c1. The zero-order valence-electron chi connectivity index (χ0n) is 11.1. The first-order valence-corrected chi connectivity index (χ1v) is 8.73. The van der Waals surface area contributed by atoms with Crippen LogP contribution >= 0.6 is 11.6 Å². The largest absolute Gasteiger partial charge is 0.282 e. The number of nitriles is 1.